The summed E-state index contributed by atoms with van der Waals surface area (Å²) < 4.78 is 0. The maximum atomic E-state index is 11.3. The second-order valence-corrected chi connectivity index (χ2v) is 3.90. The zero-order valence-corrected chi connectivity index (χ0v) is 8.92. The molecule has 1 rings (SSSR count). The molecule has 0 radical (unpaired) electrons. The van der Waals surface area contributed by atoms with Gasteiger partial charge in [0.2, 0.25) is 5.91 Å². The van der Waals surface area contributed by atoms with Crippen molar-refractivity contribution in [3.05, 3.63) is 0 Å². The van der Waals surface area contributed by atoms with Crippen molar-refractivity contribution in [1.29, 1.82) is 0 Å². The summed E-state index contributed by atoms with van der Waals surface area (Å²) in [6, 6.07) is 0.584. The fourth-order valence-electron chi connectivity index (χ4n) is 1.90. The molecule has 0 saturated carbocycles. The lowest BCUT2D eigenvalue weighted by Crippen LogP contribution is -2.39. The van der Waals surface area contributed by atoms with Crippen molar-refractivity contribution in [2.24, 2.45) is 0 Å². The highest BCUT2D eigenvalue weighted by Gasteiger charge is 2.23. The van der Waals surface area contributed by atoms with E-state index in [9.17, 15) is 4.79 Å². The Balaban J connectivity index is 2.34. The van der Waals surface area contributed by atoms with Gasteiger partial charge in [0.25, 0.3) is 0 Å². The van der Waals surface area contributed by atoms with Crippen LogP contribution >= 0.6 is 0 Å². The minimum absolute atomic E-state index is 0.250. The van der Waals surface area contributed by atoms with Gasteiger partial charge in [-0.1, -0.05) is 6.92 Å². The Morgan fingerprint density at radius 1 is 1.62 bits per heavy atom. The average Bonchev–Trinajstić information content (AvgIpc) is 2.50. The normalized spacial score (nSPS) is 23.5. The van der Waals surface area contributed by atoms with Crippen LogP contribution in [0.1, 0.15) is 26.2 Å². The van der Waals surface area contributed by atoms with Crippen LogP contribution in [-0.2, 0) is 4.79 Å². The number of hydrogen-bond acceptors (Lipinski definition) is 2. The number of carbonyl (C=O) groups is 1. The first-order valence-corrected chi connectivity index (χ1v) is 5.09. The lowest BCUT2D eigenvalue weighted by atomic mass is 10.2. The molecule has 0 bridgehead atoms. The number of likely N-dealkylation sites (tertiary alicyclic amines) is 1. The van der Waals surface area contributed by atoms with Crippen LogP contribution in [0.3, 0.4) is 0 Å². The third kappa shape index (κ3) is 2.69. The Morgan fingerprint density at radius 2 is 2.31 bits per heavy atom. The SMILES string of the molecule is CCC(=O)N(C)CC1CCCN1C. The molecule has 0 spiro atoms. The molecule has 3 nitrogen and oxygen atoms in total. The summed E-state index contributed by atoms with van der Waals surface area (Å²) in [5.74, 6) is 0.250. The summed E-state index contributed by atoms with van der Waals surface area (Å²) in [5, 5.41) is 0. The van der Waals surface area contributed by atoms with Gasteiger partial charge in [0.1, 0.15) is 0 Å². The molecule has 1 atom stereocenters. The minimum atomic E-state index is 0.250. The summed E-state index contributed by atoms with van der Waals surface area (Å²) in [7, 11) is 4.04. The Bertz CT molecular complexity index is 182. The van der Waals surface area contributed by atoms with E-state index in [1.165, 1.54) is 19.4 Å². The van der Waals surface area contributed by atoms with Crippen molar-refractivity contribution in [1.82, 2.24) is 9.80 Å². The van der Waals surface area contributed by atoms with Gasteiger partial charge in [-0.3, -0.25) is 4.79 Å². The molecular weight excluding hydrogens is 164 g/mol. The van der Waals surface area contributed by atoms with E-state index in [0.717, 1.165) is 6.54 Å². The zero-order valence-electron chi connectivity index (χ0n) is 8.92. The molecule has 1 amide bonds. The molecule has 3 heteroatoms. The molecule has 0 aromatic rings. The zero-order chi connectivity index (χ0) is 9.84. The van der Waals surface area contributed by atoms with Crippen molar-refractivity contribution >= 4 is 5.91 Å². The average molecular weight is 184 g/mol. The van der Waals surface area contributed by atoms with E-state index < -0.39 is 0 Å². The molecule has 1 saturated heterocycles. The molecule has 76 valence electrons. The maximum Gasteiger partial charge on any atom is 0.222 e. The summed E-state index contributed by atoms with van der Waals surface area (Å²) in [4.78, 5) is 15.5. The Labute approximate surface area is 80.7 Å². The predicted molar refractivity (Wildman–Crippen MR) is 53.6 cm³/mol. The highest BCUT2D eigenvalue weighted by molar-refractivity contribution is 5.75. The van der Waals surface area contributed by atoms with Gasteiger partial charge in [-0.25, -0.2) is 0 Å². The number of nitrogens with zero attached hydrogens (tertiary/aromatic N) is 2. The fourth-order valence-corrected chi connectivity index (χ4v) is 1.90. The first kappa shape index (κ1) is 10.5. The van der Waals surface area contributed by atoms with Crippen LogP contribution in [0.5, 0.6) is 0 Å². The number of carbonyl (C=O) groups excluding carboxylic acids is 1. The molecule has 1 aliphatic rings. The lowest BCUT2D eigenvalue weighted by Gasteiger charge is -2.25. The monoisotopic (exact) mass is 184 g/mol. The Kier molecular flexibility index (Phi) is 3.72. The highest BCUT2D eigenvalue weighted by Crippen LogP contribution is 2.15. The van der Waals surface area contributed by atoms with Crippen molar-refractivity contribution in [2.45, 2.75) is 32.2 Å². The Morgan fingerprint density at radius 3 is 2.77 bits per heavy atom. The predicted octanol–water partition coefficient (Wildman–Crippen LogP) is 0.949. The molecule has 0 N–H and O–H groups in total. The van der Waals surface area contributed by atoms with Crippen LogP contribution in [-0.4, -0.2) is 48.9 Å². The van der Waals surface area contributed by atoms with Crippen molar-refractivity contribution in [2.75, 3.05) is 27.2 Å². The van der Waals surface area contributed by atoms with E-state index in [-0.39, 0.29) is 5.91 Å². The van der Waals surface area contributed by atoms with E-state index in [1.54, 1.807) is 0 Å². The van der Waals surface area contributed by atoms with E-state index in [1.807, 2.05) is 18.9 Å². The molecule has 1 unspecified atom stereocenters. The topological polar surface area (TPSA) is 23.6 Å². The van der Waals surface area contributed by atoms with Crippen LogP contribution in [0.4, 0.5) is 0 Å². The molecule has 13 heavy (non-hydrogen) atoms. The van der Waals surface area contributed by atoms with Crippen LogP contribution in [0.25, 0.3) is 0 Å². The van der Waals surface area contributed by atoms with Gasteiger partial charge in [-0.2, -0.15) is 0 Å². The molecular formula is C10H20N2O. The van der Waals surface area contributed by atoms with Gasteiger partial charge in [-0.05, 0) is 26.4 Å². The maximum absolute atomic E-state index is 11.3. The number of hydrogen-bond donors (Lipinski definition) is 0. The van der Waals surface area contributed by atoms with E-state index >= 15 is 0 Å². The molecule has 1 heterocycles. The number of amides is 1. The van der Waals surface area contributed by atoms with Gasteiger partial charge in [-0.15, -0.1) is 0 Å². The minimum Gasteiger partial charge on any atom is -0.344 e. The quantitative estimate of drug-likeness (QED) is 0.652. The van der Waals surface area contributed by atoms with Gasteiger partial charge < -0.3 is 9.80 Å². The van der Waals surface area contributed by atoms with Crippen LogP contribution in [0, 0.1) is 0 Å². The van der Waals surface area contributed by atoms with Crippen LogP contribution < -0.4 is 0 Å². The van der Waals surface area contributed by atoms with Crippen molar-refractivity contribution in [3.8, 4) is 0 Å². The van der Waals surface area contributed by atoms with Gasteiger partial charge in [0.15, 0.2) is 0 Å². The summed E-state index contributed by atoms with van der Waals surface area (Å²) >= 11 is 0. The number of rotatable bonds is 3. The second kappa shape index (κ2) is 4.61. The first-order chi connectivity index (χ1) is 6.15. The third-order valence-electron chi connectivity index (χ3n) is 2.88. The van der Waals surface area contributed by atoms with Gasteiger partial charge in [0, 0.05) is 26.1 Å². The van der Waals surface area contributed by atoms with Crippen LogP contribution in [0.15, 0.2) is 0 Å². The first-order valence-electron chi connectivity index (χ1n) is 5.09. The molecule has 1 aliphatic heterocycles. The molecule has 0 aliphatic carbocycles. The van der Waals surface area contributed by atoms with Gasteiger partial charge in [0.05, 0.1) is 0 Å². The molecule has 0 aromatic heterocycles. The fraction of sp³-hybridized carbons (Fsp3) is 0.900. The summed E-state index contributed by atoms with van der Waals surface area (Å²) in [6.07, 6.45) is 3.13. The molecule has 1 fully saturated rings. The largest absolute Gasteiger partial charge is 0.344 e. The van der Waals surface area contributed by atoms with E-state index in [4.69, 9.17) is 0 Å². The van der Waals surface area contributed by atoms with Crippen molar-refractivity contribution in [3.63, 3.8) is 0 Å². The second-order valence-electron chi connectivity index (χ2n) is 3.90. The van der Waals surface area contributed by atoms with Crippen molar-refractivity contribution < 1.29 is 4.79 Å². The summed E-state index contributed by atoms with van der Waals surface area (Å²) in [6.45, 7) is 3.99. The van der Waals surface area contributed by atoms with E-state index in [0.29, 0.717) is 12.5 Å². The van der Waals surface area contributed by atoms with E-state index in [2.05, 4.69) is 11.9 Å². The number of likely N-dealkylation sites (N-methyl/N-ethyl adjacent to an activating group) is 2. The molecule has 0 aromatic carbocycles. The van der Waals surface area contributed by atoms with Crippen LogP contribution in [0.2, 0.25) is 0 Å². The highest BCUT2D eigenvalue weighted by atomic mass is 16.2. The third-order valence-corrected chi connectivity index (χ3v) is 2.88. The summed E-state index contributed by atoms with van der Waals surface area (Å²) in [5.41, 5.74) is 0. The van der Waals surface area contributed by atoms with Gasteiger partial charge >= 0.3 is 0 Å². The lowest BCUT2D eigenvalue weighted by molar-refractivity contribution is -0.130. The standard InChI is InChI=1S/C10H20N2O/c1-4-10(13)12(3)8-9-6-5-7-11(9)2/h9H,4-8H2,1-3H3. The Hall–Kier alpha value is -0.570. The smallest absolute Gasteiger partial charge is 0.222 e.